The zero-order valence-electron chi connectivity index (χ0n) is 13.6. The van der Waals surface area contributed by atoms with E-state index in [-0.39, 0.29) is 12.4 Å². The van der Waals surface area contributed by atoms with E-state index in [0.717, 1.165) is 17.7 Å². The number of halogens is 1. The number of amides is 1. The lowest BCUT2D eigenvalue weighted by Gasteiger charge is -2.07. The van der Waals surface area contributed by atoms with E-state index in [1.165, 1.54) is 47.5 Å². The molecular weight excluding hydrogens is 341 g/mol. The number of hydrogen-bond acceptors (Lipinski definition) is 4. The van der Waals surface area contributed by atoms with E-state index in [1.54, 1.807) is 6.07 Å². The standard InChI is InChI=1S/C19H18FNO3S/c20-15-5-2-6-16(10-15)21-18(22)11-24-19(23)12-25-17-8-7-13-3-1-4-14(13)9-17/h2,5-10H,1,3-4,11-12H2,(H,21,22). The number of benzene rings is 2. The van der Waals surface area contributed by atoms with Gasteiger partial charge in [0.1, 0.15) is 5.82 Å². The lowest BCUT2D eigenvalue weighted by molar-refractivity contribution is -0.144. The van der Waals surface area contributed by atoms with Gasteiger partial charge < -0.3 is 10.1 Å². The molecule has 0 unspecified atom stereocenters. The smallest absolute Gasteiger partial charge is 0.316 e. The molecule has 25 heavy (non-hydrogen) atoms. The summed E-state index contributed by atoms with van der Waals surface area (Å²) < 4.78 is 18.0. The molecule has 0 spiro atoms. The number of aryl methyl sites for hydroxylation is 2. The van der Waals surface area contributed by atoms with Gasteiger partial charge in [-0.3, -0.25) is 9.59 Å². The van der Waals surface area contributed by atoms with Gasteiger partial charge >= 0.3 is 5.97 Å². The van der Waals surface area contributed by atoms with Crippen LogP contribution < -0.4 is 5.32 Å². The zero-order chi connectivity index (χ0) is 17.6. The molecule has 0 fully saturated rings. The summed E-state index contributed by atoms with van der Waals surface area (Å²) in [5, 5.41) is 2.48. The van der Waals surface area contributed by atoms with Crippen LogP contribution in [-0.2, 0) is 27.2 Å². The summed E-state index contributed by atoms with van der Waals surface area (Å²) in [6.07, 6.45) is 3.41. The molecule has 6 heteroatoms. The first kappa shape index (κ1) is 17.5. The number of thioether (sulfide) groups is 1. The largest absolute Gasteiger partial charge is 0.455 e. The molecule has 2 aromatic rings. The van der Waals surface area contributed by atoms with Gasteiger partial charge in [-0.05, 0) is 60.7 Å². The van der Waals surface area contributed by atoms with E-state index >= 15 is 0 Å². The summed E-state index contributed by atoms with van der Waals surface area (Å²) in [5.74, 6) is -1.26. The van der Waals surface area contributed by atoms with E-state index < -0.39 is 17.7 Å². The second-order valence-electron chi connectivity index (χ2n) is 5.79. The Morgan fingerprint density at radius 3 is 2.80 bits per heavy atom. The molecule has 0 heterocycles. The number of esters is 1. The molecule has 4 nitrogen and oxygen atoms in total. The maximum absolute atomic E-state index is 13.0. The maximum Gasteiger partial charge on any atom is 0.316 e. The highest BCUT2D eigenvalue weighted by atomic mass is 32.2. The van der Waals surface area contributed by atoms with Crippen LogP contribution in [0.4, 0.5) is 10.1 Å². The van der Waals surface area contributed by atoms with Crippen molar-refractivity contribution in [2.24, 2.45) is 0 Å². The summed E-state index contributed by atoms with van der Waals surface area (Å²) in [7, 11) is 0. The zero-order valence-corrected chi connectivity index (χ0v) is 14.4. The third-order valence-corrected chi connectivity index (χ3v) is 4.87. The highest BCUT2D eigenvalue weighted by Gasteiger charge is 2.13. The van der Waals surface area contributed by atoms with Crippen LogP contribution in [0.5, 0.6) is 0 Å². The Labute approximate surface area is 149 Å². The normalized spacial score (nSPS) is 12.5. The van der Waals surface area contributed by atoms with Gasteiger partial charge in [-0.15, -0.1) is 11.8 Å². The van der Waals surface area contributed by atoms with Crippen molar-refractivity contribution in [3.05, 3.63) is 59.4 Å². The number of fused-ring (bicyclic) bond motifs is 1. The van der Waals surface area contributed by atoms with Gasteiger partial charge in [-0.1, -0.05) is 12.1 Å². The summed E-state index contributed by atoms with van der Waals surface area (Å²) in [5.41, 5.74) is 3.07. The second-order valence-corrected chi connectivity index (χ2v) is 6.84. The number of carbonyl (C=O) groups is 2. The number of hydrogen-bond donors (Lipinski definition) is 1. The second kappa shape index (κ2) is 8.16. The minimum atomic E-state index is -0.499. The van der Waals surface area contributed by atoms with Gasteiger partial charge in [0.05, 0.1) is 5.75 Å². The lowest BCUT2D eigenvalue weighted by atomic mass is 10.1. The summed E-state index contributed by atoms with van der Waals surface area (Å²) in [6.45, 7) is -0.389. The van der Waals surface area contributed by atoms with Crippen LogP contribution in [-0.4, -0.2) is 24.2 Å². The van der Waals surface area contributed by atoms with Crippen molar-refractivity contribution in [3.63, 3.8) is 0 Å². The molecular formula is C19H18FNO3S. The third-order valence-electron chi connectivity index (χ3n) is 3.90. The van der Waals surface area contributed by atoms with Crippen molar-refractivity contribution in [1.29, 1.82) is 0 Å². The van der Waals surface area contributed by atoms with Gasteiger partial charge in [0.2, 0.25) is 0 Å². The van der Waals surface area contributed by atoms with Crippen LogP contribution in [0, 0.1) is 5.82 Å². The SMILES string of the molecule is O=C(COC(=O)CSc1ccc2c(c1)CCC2)Nc1cccc(F)c1. The van der Waals surface area contributed by atoms with E-state index in [2.05, 4.69) is 17.4 Å². The van der Waals surface area contributed by atoms with Crippen LogP contribution >= 0.6 is 11.8 Å². The number of anilines is 1. The number of rotatable bonds is 6. The van der Waals surface area contributed by atoms with Gasteiger partial charge in [0.25, 0.3) is 5.91 Å². The van der Waals surface area contributed by atoms with Gasteiger partial charge in [-0.2, -0.15) is 0 Å². The first-order valence-corrected chi connectivity index (χ1v) is 9.04. The van der Waals surface area contributed by atoms with Crippen LogP contribution in [0.1, 0.15) is 17.5 Å². The Morgan fingerprint density at radius 2 is 1.96 bits per heavy atom. The Kier molecular flexibility index (Phi) is 5.71. The van der Waals surface area contributed by atoms with E-state index in [9.17, 15) is 14.0 Å². The minimum absolute atomic E-state index is 0.145. The van der Waals surface area contributed by atoms with Crippen molar-refractivity contribution in [2.75, 3.05) is 17.7 Å². The van der Waals surface area contributed by atoms with Crippen LogP contribution in [0.25, 0.3) is 0 Å². The van der Waals surface area contributed by atoms with Crippen LogP contribution in [0.15, 0.2) is 47.4 Å². The molecule has 1 amide bonds. The van der Waals surface area contributed by atoms with Crippen molar-refractivity contribution in [1.82, 2.24) is 0 Å². The van der Waals surface area contributed by atoms with Crippen LogP contribution in [0.2, 0.25) is 0 Å². The average Bonchev–Trinajstić information content (AvgIpc) is 3.06. The summed E-state index contributed by atoms with van der Waals surface area (Å²) in [6, 6.07) is 11.8. The Hall–Kier alpha value is -2.34. The minimum Gasteiger partial charge on any atom is -0.455 e. The van der Waals surface area contributed by atoms with E-state index in [0.29, 0.717) is 5.69 Å². The number of nitrogens with one attached hydrogen (secondary N) is 1. The fourth-order valence-electron chi connectivity index (χ4n) is 2.73. The molecule has 0 aromatic heterocycles. The third kappa shape index (κ3) is 5.06. The number of carbonyl (C=O) groups excluding carboxylic acids is 2. The molecule has 130 valence electrons. The Morgan fingerprint density at radius 1 is 1.12 bits per heavy atom. The number of ether oxygens (including phenoxy) is 1. The van der Waals surface area contributed by atoms with Crippen molar-refractivity contribution >= 4 is 29.3 Å². The Bertz CT molecular complexity index is 794. The van der Waals surface area contributed by atoms with Crippen molar-refractivity contribution in [2.45, 2.75) is 24.2 Å². The topological polar surface area (TPSA) is 55.4 Å². The molecule has 3 rings (SSSR count). The van der Waals surface area contributed by atoms with E-state index in [4.69, 9.17) is 4.74 Å². The molecule has 0 saturated heterocycles. The lowest BCUT2D eigenvalue weighted by Crippen LogP contribution is -2.21. The predicted molar refractivity (Wildman–Crippen MR) is 95.2 cm³/mol. The van der Waals surface area contributed by atoms with Crippen molar-refractivity contribution in [3.8, 4) is 0 Å². The van der Waals surface area contributed by atoms with Gasteiger partial charge in [0.15, 0.2) is 6.61 Å². The fourth-order valence-corrected chi connectivity index (χ4v) is 3.49. The van der Waals surface area contributed by atoms with Crippen molar-refractivity contribution < 1.29 is 18.7 Å². The summed E-state index contributed by atoms with van der Waals surface area (Å²) >= 11 is 1.40. The average molecular weight is 359 g/mol. The molecule has 0 radical (unpaired) electrons. The molecule has 1 aliphatic rings. The van der Waals surface area contributed by atoms with Gasteiger partial charge in [0, 0.05) is 10.6 Å². The maximum atomic E-state index is 13.0. The first-order chi connectivity index (χ1) is 12.1. The molecule has 1 aliphatic carbocycles. The molecule has 0 aliphatic heterocycles. The highest BCUT2D eigenvalue weighted by Crippen LogP contribution is 2.27. The van der Waals surface area contributed by atoms with Crippen LogP contribution in [0.3, 0.4) is 0 Å². The predicted octanol–water partition coefficient (Wildman–Crippen LogP) is 3.59. The Balaban J connectivity index is 1.41. The molecule has 0 bridgehead atoms. The fraction of sp³-hybridized carbons (Fsp3) is 0.263. The first-order valence-electron chi connectivity index (χ1n) is 8.06. The quantitative estimate of drug-likeness (QED) is 0.633. The molecule has 0 atom stereocenters. The monoisotopic (exact) mass is 359 g/mol. The summed E-state index contributed by atoms with van der Waals surface area (Å²) in [4.78, 5) is 24.5. The molecule has 2 aromatic carbocycles. The molecule has 1 N–H and O–H groups in total. The van der Waals surface area contributed by atoms with E-state index in [1.807, 2.05) is 6.07 Å². The molecule has 0 saturated carbocycles. The van der Waals surface area contributed by atoms with Gasteiger partial charge in [-0.25, -0.2) is 4.39 Å². The highest BCUT2D eigenvalue weighted by molar-refractivity contribution is 8.00.